The number of benzene rings is 3. The Hall–Kier alpha value is -5.76. The van der Waals surface area contributed by atoms with Gasteiger partial charge in [0.2, 0.25) is 6.41 Å². The number of carbonyl (C=O) groups excluding carboxylic acids is 4. The van der Waals surface area contributed by atoms with Crippen molar-refractivity contribution in [3.8, 4) is 33.8 Å². The van der Waals surface area contributed by atoms with E-state index in [2.05, 4.69) is 97.8 Å². The highest BCUT2D eigenvalue weighted by Crippen LogP contribution is 2.46. The molecule has 3 aromatic carbocycles. The number of nitrogens with zero attached hydrogens (tertiary/aromatic N) is 4. The number of aromatic amines is 2. The summed E-state index contributed by atoms with van der Waals surface area (Å²) in [5, 5.41) is 12.0. The molecule has 2 fully saturated rings. The van der Waals surface area contributed by atoms with Crippen molar-refractivity contribution in [3.63, 3.8) is 0 Å². The van der Waals surface area contributed by atoms with Gasteiger partial charge < -0.3 is 59.0 Å². The largest absolute Gasteiger partial charge is 0.487 e. The standard InChI is InChI=1S/C36H44N6O4.C6H11NO2.C3H7NO.C2H4O2.CH4O/c1-41-15-5-7-31(41)35-37-27-13-9-23(21-29(27)39-35)25-11-12-26(34(46-20-18-44-4)33(25)45-19-17-43-3)24-10-14-28-30(22-24)40-36(38-28)32-8-6-16-42(32)2;1-5(2)6(3-8)7-4-9;1-4-2-3-5;1-4-2-3;1-2/h9-14,21-22,31-32H,5-8,15-20H2,1-4H3,(H,37,39)(H,38,40);3-6H,1-2H3,(H,7,9);3-4H,2H2,1H3;2H,1H3;2H,1H3/t31-,32?;;;;/m0..../s1. The van der Waals surface area contributed by atoms with Crippen LogP contribution in [0.1, 0.15) is 63.3 Å². The van der Waals surface area contributed by atoms with Gasteiger partial charge in [-0.2, -0.15) is 0 Å². The second kappa shape index (κ2) is 29.7. The molecule has 3 atom stereocenters. The van der Waals surface area contributed by atoms with Gasteiger partial charge in [0.1, 0.15) is 37.4 Å². The van der Waals surface area contributed by atoms with Gasteiger partial charge in [0.15, 0.2) is 11.5 Å². The van der Waals surface area contributed by atoms with Crippen LogP contribution in [0.3, 0.4) is 0 Å². The van der Waals surface area contributed by atoms with E-state index in [1.807, 2.05) is 13.8 Å². The molecule has 7 rings (SSSR count). The summed E-state index contributed by atoms with van der Waals surface area (Å²) in [6.07, 6.45) is 6.71. The highest BCUT2D eigenvalue weighted by atomic mass is 16.5. The third kappa shape index (κ3) is 15.4. The van der Waals surface area contributed by atoms with Crippen molar-refractivity contribution in [2.75, 3.05) is 95.6 Å². The van der Waals surface area contributed by atoms with Crippen LogP contribution in [0.15, 0.2) is 48.5 Å². The molecule has 4 heterocycles. The average Bonchev–Trinajstić information content (AvgIpc) is 4.16. The number of hydrogen-bond acceptors (Lipinski definition) is 15. The van der Waals surface area contributed by atoms with Crippen LogP contribution >= 0.6 is 0 Å². The molecule has 5 aromatic rings. The van der Waals surface area contributed by atoms with Gasteiger partial charge in [-0.15, -0.1) is 0 Å². The summed E-state index contributed by atoms with van der Waals surface area (Å²) in [5.41, 5.74) is 7.87. The van der Waals surface area contributed by atoms with Crippen LogP contribution in [-0.4, -0.2) is 162 Å². The normalized spacial score (nSPS) is 16.0. The fraction of sp³-hybridized carbons (Fsp3) is 0.500. The number of fused-ring (bicyclic) bond motifs is 2. The summed E-state index contributed by atoms with van der Waals surface area (Å²) >= 11 is 0. The number of nitrogens with one attached hydrogen (secondary N) is 4. The highest BCUT2D eigenvalue weighted by molar-refractivity contribution is 5.90. The minimum atomic E-state index is -0.331. The number of amides is 1. The average molecular weight is 919 g/mol. The van der Waals surface area contributed by atoms with Crippen molar-refractivity contribution in [2.24, 2.45) is 5.92 Å². The fourth-order valence-electron chi connectivity index (χ4n) is 7.53. The van der Waals surface area contributed by atoms with E-state index in [-0.39, 0.29) is 12.0 Å². The number of aldehydes is 2. The van der Waals surface area contributed by atoms with Crippen LogP contribution in [0.25, 0.3) is 44.3 Å². The van der Waals surface area contributed by atoms with E-state index in [9.17, 15) is 14.4 Å². The van der Waals surface area contributed by atoms with Crippen molar-refractivity contribution >= 4 is 47.5 Å². The fourth-order valence-corrected chi connectivity index (χ4v) is 7.53. The van der Waals surface area contributed by atoms with E-state index in [1.165, 1.54) is 20.0 Å². The molecule has 66 heavy (non-hydrogen) atoms. The SMILES string of the molecule is CC(C)C(C=O)NC=O.CNCC=O.CO.COC=O.COCCOc1c(-c2ccc3nc(C4CCCN4C)[nH]c3c2)ccc(-c2ccc3nc([C@@H]4CCCN4C)[nH]c3c2)c1OCCOC. The van der Waals surface area contributed by atoms with Gasteiger partial charge in [0, 0.05) is 32.5 Å². The Morgan fingerprint density at radius 3 is 1.48 bits per heavy atom. The van der Waals surface area contributed by atoms with Crippen molar-refractivity contribution < 1.29 is 48.0 Å². The highest BCUT2D eigenvalue weighted by Gasteiger charge is 2.27. The molecule has 2 aliphatic rings. The zero-order chi connectivity index (χ0) is 48.4. The number of carbonyl (C=O) groups is 4. The lowest BCUT2D eigenvalue weighted by molar-refractivity contribution is -0.126. The number of aliphatic hydroxyl groups excluding tert-OH is 1. The number of methoxy groups -OCH3 is 3. The first kappa shape index (κ1) is 54.6. The third-order valence-corrected chi connectivity index (χ3v) is 11.0. The van der Waals surface area contributed by atoms with Crippen molar-refractivity contribution in [2.45, 2.75) is 57.7 Å². The number of likely N-dealkylation sites (tertiary alicyclic amines) is 2. The number of H-pyrrole nitrogens is 2. The topological polar surface area (TPSA) is 223 Å². The van der Waals surface area contributed by atoms with E-state index < -0.39 is 0 Å². The van der Waals surface area contributed by atoms with Crippen molar-refractivity contribution in [1.82, 2.24) is 40.4 Å². The molecule has 0 spiro atoms. The van der Waals surface area contributed by atoms with Crippen molar-refractivity contribution in [3.05, 3.63) is 60.2 Å². The van der Waals surface area contributed by atoms with E-state index in [0.29, 0.717) is 69.4 Å². The van der Waals surface area contributed by atoms with Crippen LogP contribution in [0.5, 0.6) is 11.5 Å². The summed E-state index contributed by atoms with van der Waals surface area (Å²) in [7, 11) is 11.7. The Labute approximate surface area is 388 Å². The molecule has 2 saturated heterocycles. The summed E-state index contributed by atoms with van der Waals surface area (Å²) in [4.78, 5) is 60.1. The first-order valence-corrected chi connectivity index (χ1v) is 22.0. The predicted molar refractivity (Wildman–Crippen MR) is 256 cm³/mol. The van der Waals surface area contributed by atoms with Gasteiger partial charge in [-0.25, -0.2) is 9.97 Å². The summed E-state index contributed by atoms with van der Waals surface area (Å²) < 4.78 is 27.6. The second-order valence-electron chi connectivity index (χ2n) is 15.7. The van der Waals surface area contributed by atoms with Crippen LogP contribution in [0.2, 0.25) is 0 Å². The number of ether oxygens (including phenoxy) is 5. The van der Waals surface area contributed by atoms with Gasteiger partial charge >= 0.3 is 0 Å². The zero-order valence-corrected chi connectivity index (χ0v) is 39.9. The Morgan fingerprint density at radius 2 is 1.20 bits per heavy atom. The smallest absolute Gasteiger partial charge is 0.292 e. The number of rotatable bonds is 19. The molecule has 0 aliphatic carbocycles. The van der Waals surface area contributed by atoms with Gasteiger partial charge in [-0.1, -0.05) is 26.0 Å². The van der Waals surface area contributed by atoms with Gasteiger partial charge in [0.25, 0.3) is 6.47 Å². The molecule has 0 radical (unpaired) electrons. The monoisotopic (exact) mass is 919 g/mol. The quantitative estimate of drug-likeness (QED) is 0.0536. The van der Waals surface area contributed by atoms with Crippen LogP contribution < -0.4 is 20.1 Å². The van der Waals surface area contributed by atoms with Crippen LogP contribution in [0, 0.1) is 5.92 Å². The van der Waals surface area contributed by atoms with E-state index in [4.69, 9.17) is 38.8 Å². The Balaban J connectivity index is 0.000000488. The van der Waals surface area contributed by atoms with Crippen LogP contribution in [-0.2, 0) is 33.4 Å². The Bertz CT molecular complexity index is 2080. The minimum absolute atomic E-state index is 0.174. The predicted octanol–water partition coefficient (Wildman–Crippen LogP) is 5.12. The molecule has 362 valence electrons. The number of imidazole rings is 2. The third-order valence-electron chi connectivity index (χ3n) is 11.0. The van der Waals surface area contributed by atoms with E-state index in [0.717, 1.165) is 102 Å². The summed E-state index contributed by atoms with van der Waals surface area (Å²) in [6.45, 7) is 8.45. The first-order valence-electron chi connectivity index (χ1n) is 22.0. The minimum Gasteiger partial charge on any atom is -0.487 e. The maximum Gasteiger partial charge on any atom is 0.292 e. The molecule has 0 bridgehead atoms. The lowest BCUT2D eigenvalue weighted by Gasteiger charge is -2.20. The van der Waals surface area contributed by atoms with Crippen LogP contribution in [0.4, 0.5) is 0 Å². The molecule has 5 N–H and O–H groups in total. The number of hydrogen-bond donors (Lipinski definition) is 5. The lowest BCUT2D eigenvalue weighted by Crippen LogP contribution is -2.33. The summed E-state index contributed by atoms with van der Waals surface area (Å²) in [5.74, 6) is 3.59. The Kier molecular flexibility index (Phi) is 24.6. The second-order valence-corrected chi connectivity index (χ2v) is 15.7. The zero-order valence-electron chi connectivity index (χ0n) is 39.9. The van der Waals surface area contributed by atoms with Gasteiger partial charge in [0.05, 0.1) is 67.1 Å². The Morgan fingerprint density at radius 1 is 0.742 bits per heavy atom. The maximum absolute atomic E-state index is 10.1. The molecule has 0 saturated carbocycles. The number of aliphatic hydroxyl groups is 1. The van der Waals surface area contributed by atoms with E-state index >= 15 is 0 Å². The molecule has 2 aliphatic heterocycles. The first-order chi connectivity index (χ1) is 32.1. The summed E-state index contributed by atoms with van der Waals surface area (Å²) in [6, 6.07) is 17.3. The molecular weight excluding hydrogens is 849 g/mol. The number of aromatic nitrogens is 4. The number of likely N-dealkylation sites (N-methyl/N-ethyl adjacent to an activating group) is 1. The maximum atomic E-state index is 10.1. The molecule has 2 aromatic heterocycles. The molecule has 18 nitrogen and oxygen atoms in total. The van der Waals surface area contributed by atoms with Gasteiger partial charge in [-0.05, 0) is 113 Å². The lowest BCUT2D eigenvalue weighted by atomic mass is 9.97. The van der Waals surface area contributed by atoms with E-state index in [1.54, 1.807) is 21.3 Å². The molecule has 1 amide bonds. The van der Waals surface area contributed by atoms with Gasteiger partial charge in [-0.3, -0.25) is 19.4 Å². The molecular formula is C48H70N8O10. The molecule has 2 unspecified atom stereocenters. The molecule has 18 heteroatoms. The van der Waals surface area contributed by atoms with Crippen molar-refractivity contribution in [1.29, 1.82) is 0 Å².